The van der Waals surface area contributed by atoms with Crippen LogP contribution in [-0.4, -0.2) is 15.3 Å². The molecule has 4 rings (SSSR count). The molecule has 5 nitrogen and oxygen atoms in total. The average Bonchev–Trinajstić information content (AvgIpc) is 2.78. The lowest BCUT2D eigenvalue weighted by Crippen LogP contribution is -2.12. The second-order valence-electron chi connectivity index (χ2n) is 8.20. The Bertz CT molecular complexity index is 1280. The molecule has 0 saturated heterocycles. The number of aromatic hydroxyl groups is 3. The van der Waals surface area contributed by atoms with Gasteiger partial charge in [-0.05, 0) is 80.8 Å². The van der Waals surface area contributed by atoms with E-state index in [1.807, 2.05) is 75.4 Å². The van der Waals surface area contributed by atoms with Crippen molar-refractivity contribution in [3.8, 4) is 28.7 Å². The van der Waals surface area contributed by atoms with Gasteiger partial charge in [0.1, 0.15) is 23.0 Å². The molecule has 4 aromatic rings. The molecule has 0 atom stereocenters. The Morgan fingerprint density at radius 1 is 0.606 bits per heavy atom. The van der Waals surface area contributed by atoms with Crippen molar-refractivity contribution < 1.29 is 20.1 Å². The zero-order chi connectivity index (χ0) is 23.7. The molecule has 0 aliphatic rings. The first-order valence-corrected chi connectivity index (χ1v) is 10.7. The Morgan fingerprint density at radius 3 is 1.76 bits per heavy atom. The van der Waals surface area contributed by atoms with Crippen molar-refractivity contribution in [3.05, 3.63) is 95.1 Å². The highest BCUT2D eigenvalue weighted by atomic mass is 16.5. The van der Waals surface area contributed by atoms with Gasteiger partial charge in [-0.15, -0.1) is 0 Å². The molecular weight excluding hydrogens is 414 g/mol. The zero-order valence-corrected chi connectivity index (χ0v) is 19.1. The minimum atomic E-state index is 0.109. The van der Waals surface area contributed by atoms with Crippen molar-refractivity contribution in [1.29, 1.82) is 0 Å². The maximum Gasteiger partial charge on any atom is 0.151 e. The Labute approximate surface area is 193 Å². The smallest absolute Gasteiger partial charge is 0.151 e. The van der Waals surface area contributed by atoms with Gasteiger partial charge in [-0.25, -0.2) is 0 Å². The average molecular weight is 442 g/mol. The molecule has 0 unspecified atom stereocenters. The first-order chi connectivity index (χ1) is 15.8. The largest absolute Gasteiger partial charge is 0.508 e. The van der Waals surface area contributed by atoms with Crippen molar-refractivity contribution in [3.63, 3.8) is 0 Å². The maximum atomic E-state index is 11.0. The van der Waals surface area contributed by atoms with Crippen LogP contribution < -0.4 is 9.64 Å². The van der Waals surface area contributed by atoms with Crippen LogP contribution in [0.15, 0.2) is 72.8 Å². The molecule has 0 spiro atoms. The number of aryl methyl sites for hydroxylation is 3. The molecule has 0 aliphatic heterocycles. The van der Waals surface area contributed by atoms with E-state index in [-0.39, 0.29) is 17.2 Å². The van der Waals surface area contributed by atoms with Gasteiger partial charge in [0.05, 0.1) is 17.1 Å². The van der Waals surface area contributed by atoms with Gasteiger partial charge in [0.2, 0.25) is 0 Å². The first kappa shape index (κ1) is 22.1. The molecule has 4 aromatic carbocycles. The summed E-state index contributed by atoms with van der Waals surface area (Å²) < 4.78 is 6.30. The number of para-hydroxylation sites is 4. The van der Waals surface area contributed by atoms with Gasteiger partial charge in [-0.1, -0.05) is 36.4 Å². The van der Waals surface area contributed by atoms with Crippen LogP contribution in [0.3, 0.4) is 0 Å². The Morgan fingerprint density at radius 2 is 1.15 bits per heavy atom. The lowest BCUT2D eigenvalue weighted by molar-refractivity contribution is 0.447. The van der Waals surface area contributed by atoms with Crippen LogP contribution in [-0.2, 0) is 0 Å². The molecule has 5 heteroatoms. The van der Waals surface area contributed by atoms with Gasteiger partial charge >= 0.3 is 0 Å². The molecule has 3 N–H and O–H groups in total. The van der Waals surface area contributed by atoms with Crippen molar-refractivity contribution >= 4 is 17.1 Å². The number of phenols is 3. The van der Waals surface area contributed by atoms with Crippen LogP contribution >= 0.6 is 0 Å². The van der Waals surface area contributed by atoms with E-state index < -0.39 is 0 Å². The molecule has 0 aromatic heterocycles. The fourth-order valence-electron chi connectivity index (χ4n) is 3.80. The highest BCUT2D eigenvalue weighted by molar-refractivity contribution is 5.86. The minimum Gasteiger partial charge on any atom is -0.508 e. The van der Waals surface area contributed by atoms with Gasteiger partial charge < -0.3 is 20.1 Å². The summed E-state index contributed by atoms with van der Waals surface area (Å²) in [4.78, 5) is 1.78. The van der Waals surface area contributed by atoms with Crippen molar-refractivity contribution in [2.45, 2.75) is 27.7 Å². The predicted octanol–water partition coefficient (Wildman–Crippen LogP) is 7.30. The summed E-state index contributed by atoms with van der Waals surface area (Å²) in [6.45, 7) is 7.34. The summed E-state index contributed by atoms with van der Waals surface area (Å²) in [5, 5.41) is 32.2. The summed E-state index contributed by atoms with van der Waals surface area (Å²) in [6.07, 6.45) is 0. The van der Waals surface area contributed by atoms with Gasteiger partial charge in [0.15, 0.2) is 5.75 Å². The summed E-state index contributed by atoms with van der Waals surface area (Å²) in [5.41, 5.74) is 4.56. The van der Waals surface area contributed by atoms with Crippen molar-refractivity contribution in [2.75, 3.05) is 4.90 Å². The number of anilines is 3. The van der Waals surface area contributed by atoms with E-state index in [0.717, 1.165) is 5.56 Å². The normalized spacial score (nSPS) is 10.8. The number of hydrogen-bond acceptors (Lipinski definition) is 5. The van der Waals surface area contributed by atoms with Gasteiger partial charge in [-0.2, -0.15) is 0 Å². The summed E-state index contributed by atoms with van der Waals surface area (Å²) in [5.74, 6) is 1.41. The summed E-state index contributed by atoms with van der Waals surface area (Å²) >= 11 is 0. The number of rotatable bonds is 5. The Balaban J connectivity index is 1.95. The third kappa shape index (κ3) is 4.17. The van der Waals surface area contributed by atoms with E-state index in [9.17, 15) is 15.3 Å². The number of benzene rings is 4. The zero-order valence-electron chi connectivity index (χ0n) is 19.1. The fraction of sp³-hybridized carbons (Fsp3) is 0.143. The van der Waals surface area contributed by atoms with Crippen LogP contribution in [0.4, 0.5) is 17.1 Å². The molecule has 0 amide bonds. The highest BCUT2D eigenvalue weighted by Gasteiger charge is 2.24. The molecule has 0 saturated carbocycles. The van der Waals surface area contributed by atoms with E-state index in [2.05, 4.69) is 0 Å². The molecule has 0 radical (unpaired) electrons. The monoisotopic (exact) mass is 441 g/mol. The van der Waals surface area contributed by atoms with Gasteiger partial charge in [0, 0.05) is 5.56 Å². The molecule has 0 aliphatic carbocycles. The maximum absolute atomic E-state index is 11.0. The highest BCUT2D eigenvalue weighted by Crippen LogP contribution is 2.48. The number of ether oxygens (including phenoxy) is 1. The van der Waals surface area contributed by atoms with Crippen molar-refractivity contribution in [2.24, 2.45) is 0 Å². The molecule has 0 fully saturated rings. The fourth-order valence-corrected chi connectivity index (χ4v) is 3.80. The van der Waals surface area contributed by atoms with Crippen molar-refractivity contribution in [1.82, 2.24) is 0 Å². The topological polar surface area (TPSA) is 73.2 Å². The van der Waals surface area contributed by atoms with E-state index in [1.54, 1.807) is 30.0 Å². The Kier molecular flexibility index (Phi) is 5.88. The lowest BCUT2D eigenvalue weighted by atomic mass is 10.1. The minimum absolute atomic E-state index is 0.109. The van der Waals surface area contributed by atoms with Gasteiger partial charge in [-0.3, -0.25) is 4.90 Å². The van der Waals surface area contributed by atoms with E-state index in [1.165, 1.54) is 0 Å². The van der Waals surface area contributed by atoms with E-state index in [4.69, 9.17) is 4.74 Å². The summed E-state index contributed by atoms with van der Waals surface area (Å²) in [7, 11) is 0. The van der Waals surface area contributed by atoms with Crippen LogP contribution in [0, 0.1) is 27.7 Å². The van der Waals surface area contributed by atoms with Crippen LogP contribution in [0.25, 0.3) is 0 Å². The third-order valence-electron chi connectivity index (χ3n) is 5.72. The summed E-state index contributed by atoms with van der Waals surface area (Å²) in [6, 6.07) is 21.9. The SMILES string of the molecule is Cc1cc(O)c(C)c(Oc2ccccc2N(c2cccc(C)c2O)c2cccc(C)c2O)c1. The molecular formula is C28H27NO4. The first-order valence-electron chi connectivity index (χ1n) is 10.7. The van der Waals surface area contributed by atoms with Crippen LogP contribution in [0.5, 0.6) is 28.7 Å². The number of phenolic OH excluding ortho intramolecular Hbond substituents is 3. The predicted molar refractivity (Wildman–Crippen MR) is 132 cm³/mol. The second-order valence-corrected chi connectivity index (χ2v) is 8.20. The van der Waals surface area contributed by atoms with E-state index >= 15 is 0 Å². The second kappa shape index (κ2) is 8.79. The standard InChI is InChI=1S/C28H27NO4/c1-17-15-24(30)20(4)26(16-17)33-25-14-6-5-11-21(25)29(22-12-7-9-18(2)27(22)31)23-13-8-10-19(3)28(23)32/h5-16,30-32H,1-4H3. The van der Waals surface area contributed by atoms with E-state index in [0.29, 0.717) is 45.3 Å². The van der Waals surface area contributed by atoms with Gasteiger partial charge in [0.25, 0.3) is 0 Å². The molecule has 168 valence electrons. The Hall–Kier alpha value is -4.12. The molecule has 0 heterocycles. The quantitative estimate of drug-likeness (QED) is 0.303. The molecule has 33 heavy (non-hydrogen) atoms. The van der Waals surface area contributed by atoms with Crippen LogP contribution in [0.2, 0.25) is 0 Å². The number of nitrogens with zero attached hydrogens (tertiary/aromatic N) is 1. The van der Waals surface area contributed by atoms with Crippen LogP contribution in [0.1, 0.15) is 22.3 Å². The lowest BCUT2D eigenvalue weighted by Gasteiger charge is -2.29. The third-order valence-corrected chi connectivity index (χ3v) is 5.72. The molecule has 0 bridgehead atoms. The number of hydrogen-bond donors (Lipinski definition) is 3.